The first-order valence-electron chi connectivity index (χ1n) is 4.49. The molecule has 0 aromatic carbocycles. The van der Waals surface area contributed by atoms with E-state index < -0.39 is 5.60 Å². The van der Waals surface area contributed by atoms with E-state index in [9.17, 15) is 4.79 Å². The lowest BCUT2D eigenvalue weighted by Crippen LogP contribution is -2.32. The first-order valence-corrected chi connectivity index (χ1v) is 4.49. The van der Waals surface area contributed by atoms with Crippen molar-refractivity contribution in [2.45, 2.75) is 59.2 Å². The third-order valence-corrected chi connectivity index (χ3v) is 1.19. The Morgan fingerprint density at radius 2 is 1.54 bits per heavy atom. The molecular formula is C10H20O3. The van der Waals surface area contributed by atoms with Crippen molar-refractivity contribution < 1.29 is 14.6 Å². The summed E-state index contributed by atoms with van der Waals surface area (Å²) in [5, 5.41) is 0. The average Bonchev–Trinajstić information content (AvgIpc) is 1.79. The maximum absolute atomic E-state index is 10.8. The fraction of sp³-hybridized carbons (Fsp3) is 0.900. The van der Waals surface area contributed by atoms with Crippen molar-refractivity contribution in [1.82, 2.24) is 0 Å². The molecular weight excluding hydrogens is 168 g/mol. The Balaban J connectivity index is 3.96. The number of ketones is 1. The van der Waals surface area contributed by atoms with Gasteiger partial charge in [-0.2, -0.15) is 0 Å². The Bertz CT molecular complexity index is 177. The van der Waals surface area contributed by atoms with Gasteiger partial charge in [0.15, 0.2) is 0 Å². The molecule has 3 heteroatoms. The van der Waals surface area contributed by atoms with E-state index >= 15 is 0 Å². The van der Waals surface area contributed by atoms with E-state index in [-0.39, 0.29) is 11.4 Å². The minimum atomic E-state index is -0.543. The van der Waals surface area contributed by atoms with Gasteiger partial charge in [-0.05, 0) is 41.5 Å². The fourth-order valence-electron chi connectivity index (χ4n) is 0.867. The number of hydrogen-bond acceptors (Lipinski definition) is 3. The second-order valence-electron chi connectivity index (χ2n) is 4.92. The Morgan fingerprint density at radius 3 is 1.85 bits per heavy atom. The lowest BCUT2D eigenvalue weighted by atomic mass is 10.0. The molecule has 0 aliphatic heterocycles. The first-order chi connectivity index (χ1) is 5.62. The summed E-state index contributed by atoms with van der Waals surface area (Å²) in [5.41, 5.74) is -0.882. The molecule has 0 spiro atoms. The summed E-state index contributed by atoms with van der Waals surface area (Å²) >= 11 is 0. The van der Waals surface area contributed by atoms with Crippen molar-refractivity contribution in [1.29, 1.82) is 0 Å². The molecule has 0 unspecified atom stereocenters. The smallest absolute Gasteiger partial charge is 0.132 e. The van der Waals surface area contributed by atoms with Crippen LogP contribution in [0.2, 0.25) is 0 Å². The maximum Gasteiger partial charge on any atom is 0.132 e. The Kier molecular flexibility index (Phi) is 4.07. The molecule has 0 radical (unpaired) electrons. The summed E-state index contributed by atoms with van der Waals surface area (Å²) < 4.78 is 0. The molecule has 0 saturated carbocycles. The molecule has 0 amide bonds. The zero-order valence-corrected chi connectivity index (χ0v) is 9.43. The van der Waals surface area contributed by atoms with Crippen molar-refractivity contribution in [3.8, 4) is 0 Å². The van der Waals surface area contributed by atoms with Crippen LogP contribution in [0.4, 0.5) is 0 Å². The van der Waals surface area contributed by atoms with Crippen molar-refractivity contribution in [2.24, 2.45) is 0 Å². The van der Waals surface area contributed by atoms with Crippen molar-refractivity contribution in [3.05, 3.63) is 0 Å². The molecule has 0 saturated heterocycles. The van der Waals surface area contributed by atoms with E-state index in [2.05, 4.69) is 0 Å². The van der Waals surface area contributed by atoms with Crippen molar-refractivity contribution >= 4 is 5.78 Å². The van der Waals surface area contributed by atoms with Gasteiger partial charge in [0.1, 0.15) is 11.4 Å². The van der Waals surface area contributed by atoms with Crippen LogP contribution in [-0.4, -0.2) is 17.0 Å². The number of carbonyl (C=O) groups excluding carboxylic acids is 1. The monoisotopic (exact) mass is 188 g/mol. The number of rotatable bonds is 4. The molecule has 0 rings (SSSR count). The second-order valence-corrected chi connectivity index (χ2v) is 4.92. The summed E-state index contributed by atoms with van der Waals surface area (Å²) in [7, 11) is 0. The second kappa shape index (κ2) is 4.20. The summed E-state index contributed by atoms with van der Waals surface area (Å²) in [6, 6.07) is 0. The van der Waals surface area contributed by atoms with Gasteiger partial charge in [-0.25, -0.2) is 9.78 Å². The zero-order chi connectivity index (χ0) is 10.7. The van der Waals surface area contributed by atoms with Gasteiger partial charge in [-0.1, -0.05) is 0 Å². The van der Waals surface area contributed by atoms with E-state index in [1.807, 2.05) is 34.6 Å². The Hall–Kier alpha value is -0.410. The van der Waals surface area contributed by atoms with Crippen LogP contribution in [0.5, 0.6) is 0 Å². The van der Waals surface area contributed by atoms with Crippen LogP contribution >= 0.6 is 0 Å². The summed E-state index contributed by atoms with van der Waals surface area (Å²) in [5.74, 6) is 0.0995. The van der Waals surface area contributed by atoms with Crippen LogP contribution in [0, 0.1) is 0 Å². The molecule has 78 valence electrons. The molecule has 0 N–H and O–H groups in total. The van der Waals surface area contributed by atoms with Gasteiger partial charge < -0.3 is 0 Å². The van der Waals surface area contributed by atoms with Crippen molar-refractivity contribution in [3.63, 3.8) is 0 Å². The van der Waals surface area contributed by atoms with Gasteiger partial charge in [-0.15, -0.1) is 0 Å². The molecule has 3 nitrogen and oxygen atoms in total. The van der Waals surface area contributed by atoms with Gasteiger partial charge in [0.25, 0.3) is 0 Å². The number of hydrogen-bond donors (Lipinski definition) is 0. The van der Waals surface area contributed by atoms with E-state index in [0.717, 1.165) is 0 Å². The van der Waals surface area contributed by atoms with E-state index in [0.29, 0.717) is 6.42 Å². The lowest BCUT2D eigenvalue weighted by Gasteiger charge is -2.27. The van der Waals surface area contributed by atoms with Crippen LogP contribution in [0.25, 0.3) is 0 Å². The standard InChI is InChI=1S/C10H20O3/c1-8(11)7-10(5,6)13-12-9(2,3)4/h7H2,1-6H3. The Morgan fingerprint density at radius 1 is 1.08 bits per heavy atom. The largest absolute Gasteiger partial charge is 0.300 e. The first kappa shape index (κ1) is 12.6. The minimum absolute atomic E-state index is 0.0995. The van der Waals surface area contributed by atoms with E-state index in [1.165, 1.54) is 0 Å². The fourth-order valence-corrected chi connectivity index (χ4v) is 0.867. The van der Waals surface area contributed by atoms with Crippen LogP contribution in [0.3, 0.4) is 0 Å². The summed E-state index contributed by atoms with van der Waals surface area (Å²) in [6.45, 7) is 10.9. The highest BCUT2D eigenvalue weighted by Crippen LogP contribution is 2.19. The highest BCUT2D eigenvalue weighted by atomic mass is 17.2. The maximum atomic E-state index is 10.8. The lowest BCUT2D eigenvalue weighted by molar-refractivity contribution is -0.396. The quantitative estimate of drug-likeness (QED) is 0.502. The predicted octanol–water partition coefficient (Wildman–Crippen LogP) is 2.49. The molecule has 0 bridgehead atoms. The van der Waals surface area contributed by atoms with Gasteiger partial charge in [0.05, 0.1) is 5.60 Å². The third kappa shape index (κ3) is 7.94. The van der Waals surface area contributed by atoms with Gasteiger partial charge in [0.2, 0.25) is 0 Å². The topological polar surface area (TPSA) is 35.5 Å². The summed E-state index contributed by atoms with van der Waals surface area (Å²) in [4.78, 5) is 21.2. The van der Waals surface area contributed by atoms with Gasteiger partial charge in [-0.3, -0.25) is 4.79 Å². The molecule has 0 aromatic heterocycles. The molecule has 13 heavy (non-hydrogen) atoms. The molecule has 0 fully saturated rings. The van der Waals surface area contributed by atoms with Crippen molar-refractivity contribution in [2.75, 3.05) is 0 Å². The molecule has 0 aromatic rings. The number of carbonyl (C=O) groups is 1. The van der Waals surface area contributed by atoms with Crippen LogP contribution in [0.15, 0.2) is 0 Å². The highest BCUT2D eigenvalue weighted by Gasteiger charge is 2.25. The Labute approximate surface area is 80.3 Å². The van der Waals surface area contributed by atoms with Gasteiger partial charge >= 0.3 is 0 Å². The minimum Gasteiger partial charge on any atom is -0.300 e. The molecule has 0 aliphatic carbocycles. The van der Waals surface area contributed by atoms with Crippen LogP contribution in [0.1, 0.15) is 48.0 Å². The third-order valence-electron chi connectivity index (χ3n) is 1.19. The SMILES string of the molecule is CC(=O)CC(C)(C)OOC(C)(C)C. The molecule has 0 atom stereocenters. The molecule has 0 heterocycles. The highest BCUT2D eigenvalue weighted by molar-refractivity contribution is 5.76. The summed E-state index contributed by atoms with van der Waals surface area (Å²) in [6.07, 6.45) is 0.364. The predicted molar refractivity (Wildman–Crippen MR) is 51.3 cm³/mol. The molecule has 0 aliphatic rings. The zero-order valence-electron chi connectivity index (χ0n) is 9.43. The van der Waals surface area contributed by atoms with E-state index in [4.69, 9.17) is 9.78 Å². The average molecular weight is 188 g/mol. The van der Waals surface area contributed by atoms with E-state index in [1.54, 1.807) is 6.92 Å². The normalized spacial score (nSPS) is 13.1. The van der Waals surface area contributed by atoms with Crippen LogP contribution in [-0.2, 0) is 14.6 Å². The van der Waals surface area contributed by atoms with Crippen LogP contribution < -0.4 is 0 Å². The number of Topliss-reactive ketones (excluding diaryl/α,β-unsaturated/α-hetero) is 1. The van der Waals surface area contributed by atoms with Gasteiger partial charge in [0, 0.05) is 6.42 Å².